The van der Waals surface area contributed by atoms with E-state index in [1.807, 2.05) is 0 Å². The Bertz CT molecular complexity index is 665. The van der Waals surface area contributed by atoms with Gasteiger partial charge in [0.1, 0.15) is 11.6 Å². The molecule has 0 radical (unpaired) electrons. The lowest BCUT2D eigenvalue weighted by atomic mass is 10.2. The number of ether oxygens (including phenoxy) is 2. The Hall–Kier alpha value is -2.01. The number of carbonyl (C=O) groups is 1. The number of aryl methyl sites for hydroxylation is 1. The minimum absolute atomic E-state index is 0.202. The van der Waals surface area contributed by atoms with Crippen molar-refractivity contribution in [1.82, 2.24) is 9.97 Å². The van der Waals surface area contributed by atoms with Gasteiger partial charge in [0.2, 0.25) is 0 Å². The van der Waals surface area contributed by atoms with Gasteiger partial charge in [0.25, 0.3) is 0 Å². The van der Waals surface area contributed by atoms with Gasteiger partial charge < -0.3 is 14.5 Å². The average molecular weight is 309 g/mol. The molecule has 0 saturated carbocycles. The molecule has 2 rings (SSSR count). The number of imidazole rings is 1. The maximum Gasteiger partial charge on any atom is 0.359 e. The molecule has 0 spiro atoms. The minimum atomic E-state index is -0.462. The lowest BCUT2D eigenvalue weighted by Gasteiger charge is -2.07. The zero-order valence-corrected chi connectivity index (χ0v) is 13.1. The van der Waals surface area contributed by atoms with E-state index in [1.54, 1.807) is 46.1 Å². The lowest BCUT2D eigenvalue weighted by molar-refractivity contribution is 0.0370. The predicted molar refractivity (Wildman–Crippen MR) is 80.9 cm³/mol. The Morgan fingerprint density at radius 2 is 2.10 bits per heavy atom. The summed E-state index contributed by atoms with van der Waals surface area (Å²) in [5.74, 6) is 0.599. The Morgan fingerprint density at radius 1 is 1.38 bits per heavy atom. The molecule has 5 nitrogen and oxygen atoms in total. The molecule has 1 heterocycles. The maximum atomic E-state index is 12.0. The van der Waals surface area contributed by atoms with Crippen molar-refractivity contribution < 1.29 is 14.3 Å². The summed E-state index contributed by atoms with van der Waals surface area (Å²) in [5, 5.41) is 0.492. The van der Waals surface area contributed by atoms with Gasteiger partial charge >= 0.3 is 5.97 Å². The van der Waals surface area contributed by atoms with Gasteiger partial charge in [0, 0.05) is 5.69 Å². The van der Waals surface area contributed by atoms with Crippen LogP contribution in [-0.4, -0.2) is 29.2 Å². The summed E-state index contributed by atoms with van der Waals surface area (Å²) in [6.45, 7) is 5.34. The van der Waals surface area contributed by atoms with E-state index in [4.69, 9.17) is 21.1 Å². The molecule has 1 N–H and O–H groups in total. The van der Waals surface area contributed by atoms with Crippen LogP contribution in [0.15, 0.2) is 18.2 Å². The van der Waals surface area contributed by atoms with Gasteiger partial charge in [-0.15, -0.1) is 0 Å². The number of rotatable bonds is 4. The first-order valence-electron chi connectivity index (χ1n) is 6.54. The highest BCUT2D eigenvalue weighted by Crippen LogP contribution is 2.35. The maximum absolute atomic E-state index is 12.0. The monoisotopic (exact) mass is 308 g/mol. The zero-order valence-electron chi connectivity index (χ0n) is 12.4. The number of aromatic amines is 1. The summed E-state index contributed by atoms with van der Waals surface area (Å²) in [6, 6.07) is 5.31. The third kappa shape index (κ3) is 3.19. The van der Waals surface area contributed by atoms with E-state index in [2.05, 4.69) is 9.97 Å². The summed E-state index contributed by atoms with van der Waals surface area (Å²) in [6.07, 6.45) is -0.202. The van der Waals surface area contributed by atoms with Crippen molar-refractivity contribution in [2.75, 3.05) is 7.11 Å². The van der Waals surface area contributed by atoms with Crippen LogP contribution < -0.4 is 4.74 Å². The normalized spacial score (nSPS) is 10.8. The predicted octanol–water partition coefficient (Wildman–Crippen LogP) is 3.61. The van der Waals surface area contributed by atoms with E-state index >= 15 is 0 Å². The van der Waals surface area contributed by atoms with Gasteiger partial charge in [-0.1, -0.05) is 17.7 Å². The first-order valence-corrected chi connectivity index (χ1v) is 6.92. The summed E-state index contributed by atoms with van der Waals surface area (Å²) in [4.78, 5) is 19.4. The van der Waals surface area contributed by atoms with Gasteiger partial charge in [-0.3, -0.25) is 0 Å². The van der Waals surface area contributed by atoms with Gasteiger partial charge in [-0.2, -0.15) is 0 Å². The number of aromatic nitrogens is 2. The van der Waals surface area contributed by atoms with Crippen LogP contribution in [0.1, 0.15) is 30.0 Å². The Balaban J connectivity index is 2.46. The largest absolute Gasteiger partial charge is 0.496 e. The summed E-state index contributed by atoms with van der Waals surface area (Å²) < 4.78 is 10.5. The quantitative estimate of drug-likeness (QED) is 0.876. The first kappa shape index (κ1) is 15.4. The molecule has 21 heavy (non-hydrogen) atoms. The Kier molecular flexibility index (Phi) is 4.53. The summed E-state index contributed by atoms with van der Waals surface area (Å²) in [5.41, 5.74) is 1.49. The van der Waals surface area contributed by atoms with Crippen LogP contribution in [0.25, 0.3) is 11.4 Å². The smallest absolute Gasteiger partial charge is 0.359 e. The van der Waals surface area contributed by atoms with Crippen LogP contribution in [-0.2, 0) is 4.74 Å². The standard InChI is InChI=1S/C15H17ClN2O3/c1-8(2)21-15(19)13-9(3)17-14(18-13)12-10(16)6-5-7-11(12)20-4/h5-8H,1-4H3,(H,17,18). The van der Waals surface area contributed by atoms with Gasteiger partial charge in [-0.05, 0) is 32.9 Å². The number of benzene rings is 1. The van der Waals surface area contributed by atoms with E-state index in [0.29, 0.717) is 27.9 Å². The van der Waals surface area contributed by atoms with Crippen molar-refractivity contribution in [3.05, 3.63) is 34.6 Å². The molecule has 0 saturated heterocycles. The fourth-order valence-electron chi connectivity index (χ4n) is 1.95. The second-order valence-corrected chi connectivity index (χ2v) is 5.24. The molecular weight excluding hydrogens is 292 g/mol. The molecule has 1 aromatic heterocycles. The number of nitrogens with one attached hydrogen (secondary N) is 1. The number of H-pyrrole nitrogens is 1. The third-order valence-electron chi connectivity index (χ3n) is 2.85. The Labute approximate surface area is 128 Å². The van der Waals surface area contributed by atoms with E-state index in [1.165, 1.54) is 0 Å². The lowest BCUT2D eigenvalue weighted by Crippen LogP contribution is -2.13. The van der Waals surface area contributed by atoms with E-state index in [-0.39, 0.29) is 11.8 Å². The second kappa shape index (κ2) is 6.18. The molecule has 0 aliphatic rings. The molecular formula is C15H17ClN2O3. The van der Waals surface area contributed by atoms with Crippen molar-refractivity contribution in [3.8, 4) is 17.1 Å². The molecule has 0 aliphatic heterocycles. The van der Waals surface area contributed by atoms with Crippen molar-refractivity contribution in [2.24, 2.45) is 0 Å². The summed E-state index contributed by atoms with van der Waals surface area (Å²) in [7, 11) is 1.55. The van der Waals surface area contributed by atoms with E-state index in [0.717, 1.165) is 0 Å². The highest BCUT2D eigenvalue weighted by molar-refractivity contribution is 6.33. The van der Waals surface area contributed by atoms with Crippen LogP contribution in [0.2, 0.25) is 5.02 Å². The molecule has 6 heteroatoms. The SMILES string of the molecule is COc1cccc(Cl)c1-c1nc(C(=O)OC(C)C)c(C)[nH]1. The minimum Gasteiger partial charge on any atom is -0.496 e. The van der Waals surface area contributed by atoms with Crippen molar-refractivity contribution >= 4 is 17.6 Å². The highest BCUT2D eigenvalue weighted by atomic mass is 35.5. The molecule has 0 atom stereocenters. The summed E-state index contributed by atoms with van der Waals surface area (Å²) >= 11 is 6.21. The number of nitrogens with zero attached hydrogens (tertiary/aromatic N) is 1. The third-order valence-corrected chi connectivity index (χ3v) is 3.17. The van der Waals surface area contributed by atoms with Gasteiger partial charge in [-0.25, -0.2) is 9.78 Å². The second-order valence-electron chi connectivity index (χ2n) is 4.83. The molecule has 0 fully saturated rings. The first-order chi connectivity index (χ1) is 9.93. The fraction of sp³-hybridized carbons (Fsp3) is 0.333. The molecule has 1 aromatic carbocycles. The number of esters is 1. The van der Waals surface area contributed by atoms with Crippen LogP contribution in [0, 0.1) is 6.92 Å². The average Bonchev–Trinajstić information content (AvgIpc) is 2.79. The van der Waals surface area contributed by atoms with Gasteiger partial charge in [0.15, 0.2) is 5.69 Å². The number of methoxy groups -OCH3 is 1. The van der Waals surface area contributed by atoms with Gasteiger partial charge in [0.05, 0.1) is 23.8 Å². The Morgan fingerprint density at radius 3 is 2.71 bits per heavy atom. The molecule has 0 unspecified atom stereocenters. The highest BCUT2D eigenvalue weighted by Gasteiger charge is 2.21. The van der Waals surface area contributed by atoms with Crippen molar-refractivity contribution in [2.45, 2.75) is 26.9 Å². The molecule has 0 bridgehead atoms. The van der Waals surface area contributed by atoms with E-state index in [9.17, 15) is 4.79 Å². The molecule has 112 valence electrons. The molecule has 0 amide bonds. The van der Waals surface area contributed by atoms with Crippen molar-refractivity contribution in [1.29, 1.82) is 0 Å². The number of hydrogen-bond acceptors (Lipinski definition) is 4. The fourth-order valence-corrected chi connectivity index (χ4v) is 2.21. The van der Waals surface area contributed by atoms with Crippen LogP contribution >= 0.6 is 11.6 Å². The molecule has 0 aliphatic carbocycles. The van der Waals surface area contributed by atoms with Crippen LogP contribution in [0.3, 0.4) is 0 Å². The van der Waals surface area contributed by atoms with E-state index < -0.39 is 5.97 Å². The number of halogens is 1. The number of carbonyl (C=O) groups excluding carboxylic acids is 1. The zero-order chi connectivity index (χ0) is 15.6. The van der Waals surface area contributed by atoms with Crippen molar-refractivity contribution in [3.63, 3.8) is 0 Å². The topological polar surface area (TPSA) is 64.2 Å². The van der Waals surface area contributed by atoms with Crippen LogP contribution in [0.4, 0.5) is 0 Å². The van der Waals surface area contributed by atoms with Crippen LogP contribution in [0.5, 0.6) is 5.75 Å². The number of hydrogen-bond donors (Lipinski definition) is 1. The molecule has 2 aromatic rings.